The maximum Gasteiger partial charge on any atom is 0.167 e. The van der Waals surface area contributed by atoms with Crippen LogP contribution in [0.15, 0.2) is 71.7 Å². The average Bonchev–Trinajstić information content (AvgIpc) is 2.66. The molecular weight excluding hydrogens is 350 g/mol. The van der Waals surface area contributed by atoms with Crippen LogP contribution in [-0.2, 0) is 0 Å². The highest BCUT2D eigenvalue weighted by molar-refractivity contribution is 7.16. The van der Waals surface area contributed by atoms with Gasteiger partial charge in [0.05, 0.1) is 15.9 Å². The number of nitrogens with zero attached hydrogens (tertiary/aromatic N) is 2. The van der Waals surface area contributed by atoms with Crippen LogP contribution in [0.3, 0.4) is 0 Å². The molecule has 1 N–H and O–H groups in total. The van der Waals surface area contributed by atoms with Crippen molar-refractivity contribution in [1.82, 2.24) is 4.98 Å². The van der Waals surface area contributed by atoms with E-state index in [-0.39, 0.29) is 0 Å². The summed E-state index contributed by atoms with van der Waals surface area (Å²) < 4.78 is 2.00. The van der Waals surface area contributed by atoms with Gasteiger partial charge in [0, 0.05) is 5.69 Å². The van der Waals surface area contributed by atoms with E-state index in [0.29, 0.717) is 0 Å². The number of fused-ring (bicyclic) bond motifs is 1. The predicted octanol–water partition coefficient (Wildman–Crippen LogP) is 6.20. The molecule has 0 radical (unpaired) electrons. The topological polar surface area (TPSA) is 37.3 Å². The van der Waals surface area contributed by atoms with Crippen LogP contribution in [0, 0.1) is 20.8 Å². The summed E-state index contributed by atoms with van der Waals surface area (Å²) in [5.74, 6) is 0.780. The van der Waals surface area contributed by atoms with Gasteiger partial charge in [-0.25, -0.2) is 9.98 Å². The van der Waals surface area contributed by atoms with Gasteiger partial charge in [-0.1, -0.05) is 41.5 Å². The molecule has 3 nitrogen and oxygen atoms in total. The zero-order chi connectivity index (χ0) is 18.8. The first-order chi connectivity index (χ1) is 13.1. The van der Waals surface area contributed by atoms with Crippen molar-refractivity contribution in [2.75, 3.05) is 5.32 Å². The number of aryl methyl sites for hydroxylation is 3. The number of rotatable bonds is 3. The summed E-state index contributed by atoms with van der Waals surface area (Å²) in [7, 11) is 0. The van der Waals surface area contributed by atoms with Crippen LogP contribution in [0.2, 0.25) is 0 Å². The van der Waals surface area contributed by atoms with E-state index in [4.69, 9.17) is 9.98 Å². The molecule has 0 amide bonds. The fourth-order valence-electron chi connectivity index (χ4n) is 2.79. The zero-order valence-electron chi connectivity index (χ0n) is 15.7. The Hall–Kier alpha value is -2.98. The quantitative estimate of drug-likeness (QED) is 0.466. The molecule has 4 rings (SSSR count). The monoisotopic (exact) mass is 371 g/mol. The lowest BCUT2D eigenvalue weighted by Gasteiger charge is -2.08. The standard InChI is InChI=1S/C23H21N3S/c1-15-4-9-18(10-5-15)24-22-23(25-19-11-6-16(2)7-12-19)27-21-13-8-17(3)14-20(21)26-22/h4-14H,1-3H3,(H,24,26). The van der Waals surface area contributed by atoms with E-state index in [1.54, 1.807) is 11.3 Å². The summed E-state index contributed by atoms with van der Waals surface area (Å²) in [5, 5.41) is 3.45. The van der Waals surface area contributed by atoms with Crippen LogP contribution in [-0.4, -0.2) is 4.98 Å². The van der Waals surface area contributed by atoms with Gasteiger partial charge in [-0.15, -0.1) is 11.3 Å². The smallest absolute Gasteiger partial charge is 0.167 e. The minimum absolute atomic E-state index is 0.780. The molecule has 27 heavy (non-hydrogen) atoms. The maximum absolute atomic E-state index is 4.87. The number of nitrogens with one attached hydrogen (secondary N) is 1. The highest BCUT2D eigenvalue weighted by atomic mass is 32.1. The number of aromatic nitrogens is 1. The summed E-state index contributed by atoms with van der Waals surface area (Å²) in [6, 6.07) is 22.9. The predicted molar refractivity (Wildman–Crippen MR) is 115 cm³/mol. The molecule has 1 heterocycles. The Balaban J connectivity index is 1.87. The van der Waals surface area contributed by atoms with Crippen molar-refractivity contribution >= 4 is 38.7 Å². The van der Waals surface area contributed by atoms with Crippen LogP contribution >= 0.6 is 11.3 Å². The second kappa shape index (κ2) is 7.33. The number of hydrogen-bond donors (Lipinski definition) is 1. The SMILES string of the molecule is Cc1ccc(N=c2sc3ccc(C)cc3nc2Nc2ccc(C)cc2)cc1. The fourth-order valence-corrected chi connectivity index (χ4v) is 3.69. The van der Waals surface area contributed by atoms with Crippen LogP contribution in [0.5, 0.6) is 0 Å². The number of anilines is 2. The van der Waals surface area contributed by atoms with Crippen molar-refractivity contribution in [3.05, 3.63) is 88.1 Å². The number of benzene rings is 3. The zero-order valence-corrected chi connectivity index (χ0v) is 16.5. The molecule has 0 fully saturated rings. The van der Waals surface area contributed by atoms with E-state index < -0.39 is 0 Å². The van der Waals surface area contributed by atoms with Crippen LogP contribution in [0.4, 0.5) is 17.2 Å². The molecule has 134 valence electrons. The summed E-state index contributed by atoms with van der Waals surface area (Å²) in [6.45, 7) is 6.25. The van der Waals surface area contributed by atoms with E-state index in [2.05, 4.69) is 80.7 Å². The van der Waals surface area contributed by atoms with Gasteiger partial charge in [0.2, 0.25) is 0 Å². The van der Waals surface area contributed by atoms with Gasteiger partial charge in [-0.2, -0.15) is 0 Å². The molecule has 0 bridgehead atoms. The van der Waals surface area contributed by atoms with Crippen LogP contribution in [0.25, 0.3) is 10.2 Å². The molecule has 0 unspecified atom stereocenters. The molecule has 0 atom stereocenters. The first-order valence-electron chi connectivity index (χ1n) is 8.93. The van der Waals surface area contributed by atoms with Gasteiger partial charge >= 0.3 is 0 Å². The molecule has 1 aromatic heterocycles. The summed E-state index contributed by atoms with van der Waals surface area (Å²) >= 11 is 1.65. The lowest BCUT2D eigenvalue weighted by molar-refractivity contribution is 1.30. The Bertz CT molecular complexity index is 1160. The van der Waals surface area contributed by atoms with Gasteiger partial charge in [0.25, 0.3) is 0 Å². The third-order valence-corrected chi connectivity index (χ3v) is 5.38. The van der Waals surface area contributed by atoms with Gasteiger partial charge in [-0.3, -0.25) is 0 Å². The highest BCUT2D eigenvalue weighted by Gasteiger charge is 2.06. The van der Waals surface area contributed by atoms with E-state index in [0.717, 1.165) is 32.1 Å². The van der Waals surface area contributed by atoms with Crippen molar-refractivity contribution < 1.29 is 0 Å². The Morgan fingerprint density at radius 2 is 1.41 bits per heavy atom. The Labute approximate surface area is 163 Å². The summed E-state index contributed by atoms with van der Waals surface area (Å²) in [4.78, 5) is 9.73. The molecule has 0 saturated heterocycles. The molecule has 0 aliphatic carbocycles. The Morgan fingerprint density at radius 3 is 2.11 bits per heavy atom. The van der Waals surface area contributed by atoms with Gasteiger partial charge in [0.1, 0.15) is 0 Å². The van der Waals surface area contributed by atoms with E-state index >= 15 is 0 Å². The van der Waals surface area contributed by atoms with E-state index in [1.807, 2.05) is 12.1 Å². The van der Waals surface area contributed by atoms with E-state index in [1.165, 1.54) is 16.7 Å². The Kier molecular flexibility index (Phi) is 4.73. The maximum atomic E-state index is 4.87. The highest BCUT2D eigenvalue weighted by Crippen LogP contribution is 2.22. The molecular formula is C23H21N3S. The van der Waals surface area contributed by atoms with Crippen molar-refractivity contribution in [2.45, 2.75) is 20.8 Å². The van der Waals surface area contributed by atoms with Crippen molar-refractivity contribution in [3.63, 3.8) is 0 Å². The van der Waals surface area contributed by atoms with Gasteiger partial charge in [0.15, 0.2) is 10.5 Å². The molecule has 3 aromatic carbocycles. The molecule has 0 saturated carbocycles. The molecule has 4 heteroatoms. The van der Waals surface area contributed by atoms with Crippen LogP contribution < -0.4 is 9.99 Å². The van der Waals surface area contributed by atoms with Crippen molar-refractivity contribution in [3.8, 4) is 0 Å². The first-order valence-corrected chi connectivity index (χ1v) is 9.75. The van der Waals surface area contributed by atoms with Gasteiger partial charge in [-0.05, 0) is 62.7 Å². The van der Waals surface area contributed by atoms with Gasteiger partial charge < -0.3 is 5.32 Å². The van der Waals surface area contributed by atoms with Crippen molar-refractivity contribution in [1.29, 1.82) is 0 Å². The normalized spacial score (nSPS) is 11.7. The summed E-state index contributed by atoms with van der Waals surface area (Å²) in [6.07, 6.45) is 0. The Morgan fingerprint density at radius 1 is 0.778 bits per heavy atom. The molecule has 4 aromatic rings. The first kappa shape index (κ1) is 17.4. The summed E-state index contributed by atoms with van der Waals surface area (Å²) in [5.41, 5.74) is 6.58. The lowest BCUT2D eigenvalue weighted by Crippen LogP contribution is -2.08. The fraction of sp³-hybridized carbons (Fsp3) is 0.130. The second-order valence-electron chi connectivity index (χ2n) is 6.78. The third-order valence-electron chi connectivity index (χ3n) is 4.33. The number of hydrogen-bond acceptors (Lipinski definition) is 4. The minimum Gasteiger partial charge on any atom is -0.338 e. The minimum atomic E-state index is 0.780. The van der Waals surface area contributed by atoms with Crippen molar-refractivity contribution in [2.24, 2.45) is 4.99 Å². The average molecular weight is 372 g/mol. The second-order valence-corrected chi connectivity index (χ2v) is 7.81. The molecule has 0 spiro atoms. The van der Waals surface area contributed by atoms with Crippen LogP contribution in [0.1, 0.15) is 16.7 Å². The third kappa shape index (κ3) is 4.07. The largest absolute Gasteiger partial charge is 0.338 e. The van der Waals surface area contributed by atoms with E-state index in [9.17, 15) is 0 Å². The lowest BCUT2D eigenvalue weighted by atomic mass is 10.2. The molecule has 0 aliphatic heterocycles. The molecule has 0 aliphatic rings.